The second-order valence-corrected chi connectivity index (χ2v) is 8.48. The maximum Gasteiger partial charge on any atom is 0.280 e. The number of nitriles is 1. The number of aliphatic hydroxyl groups is 1. The van der Waals surface area contributed by atoms with E-state index in [0.29, 0.717) is 34.4 Å². The van der Waals surface area contributed by atoms with Crippen molar-refractivity contribution in [1.29, 1.82) is 5.26 Å². The third-order valence-corrected chi connectivity index (χ3v) is 6.10. The van der Waals surface area contributed by atoms with Crippen molar-refractivity contribution in [2.75, 3.05) is 37.2 Å². The van der Waals surface area contributed by atoms with Crippen LogP contribution in [0.1, 0.15) is 34.3 Å². The average Bonchev–Trinajstić information content (AvgIpc) is 3.11. The van der Waals surface area contributed by atoms with Crippen molar-refractivity contribution in [2.45, 2.75) is 12.6 Å². The lowest BCUT2D eigenvalue weighted by molar-refractivity contribution is 0.00620. The molecular formula is C25H25N9O2. The minimum atomic E-state index is -0.825. The summed E-state index contributed by atoms with van der Waals surface area (Å²) in [6.45, 7) is 3.16. The van der Waals surface area contributed by atoms with Crippen LogP contribution < -0.4 is 16.4 Å². The van der Waals surface area contributed by atoms with Crippen molar-refractivity contribution in [3.63, 3.8) is 0 Å². The molecule has 3 heterocycles. The van der Waals surface area contributed by atoms with Crippen molar-refractivity contribution < 1.29 is 9.90 Å². The molecule has 1 amide bonds. The quantitative estimate of drug-likeness (QED) is 0.285. The zero-order chi connectivity index (χ0) is 25.1. The molecular weight excluding hydrogens is 458 g/mol. The lowest BCUT2D eigenvalue weighted by Crippen LogP contribution is -2.32. The third kappa shape index (κ3) is 4.73. The number of aliphatic hydroxyl groups excluding tert-OH is 1. The number of amides is 1. The Balaban J connectivity index is 1.41. The highest BCUT2D eigenvalue weighted by Gasteiger charge is 2.22. The molecule has 1 unspecified atom stereocenters. The smallest absolute Gasteiger partial charge is 0.280 e. The van der Waals surface area contributed by atoms with E-state index in [1.165, 1.54) is 6.20 Å². The average molecular weight is 484 g/mol. The van der Waals surface area contributed by atoms with Crippen LogP contribution in [0.4, 0.5) is 11.8 Å². The zero-order valence-corrected chi connectivity index (χ0v) is 19.4. The molecule has 0 bridgehead atoms. The number of carbonyl (C=O) groups excluding carboxylic acids is 1. The highest BCUT2D eigenvalue weighted by molar-refractivity contribution is 6.05. The van der Waals surface area contributed by atoms with Gasteiger partial charge in [0.2, 0.25) is 5.95 Å². The van der Waals surface area contributed by atoms with E-state index in [1.54, 1.807) is 18.2 Å². The van der Waals surface area contributed by atoms with Gasteiger partial charge in [-0.3, -0.25) is 15.0 Å². The van der Waals surface area contributed by atoms with Gasteiger partial charge in [0.1, 0.15) is 6.23 Å². The zero-order valence-electron chi connectivity index (χ0n) is 19.4. The summed E-state index contributed by atoms with van der Waals surface area (Å²) >= 11 is 0. The molecule has 0 aliphatic carbocycles. The van der Waals surface area contributed by atoms with Gasteiger partial charge in [-0.05, 0) is 36.7 Å². The molecule has 1 fully saturated rings. The number of nitrogen functional groups attached to an aromatic ring is 1. The van der Waals surface area contributed by atoms with E-state index in [0.717, 1.165) is 31.6 Å². The van der Waals surface area contributed by atoms with E-state index in [4.69, 9.17) is 5.73 Å². The van der Waals surface area contributed by atoms with Gasteiger partial charge in [0.05, 0.1) is 34.6 Å². The Hall–Kier alpha value is -4.37. The predicted octanol–water partition coefficient (Wildman–Crippen LogP) is 2.01. The SMILES string of the molecule is N#Cc1cc(C(O)N2CCCNCC2)ccc1-c1cnc(N)c(C(=O)Nc2nc3ccccc3[nH]2)n1. The Morgan fingerprint density at radius 2 is 2.06 bits per heavy atom. The van der Waals surface area contributed by atoms with Crippen molar-refractivity contribution in [2.24, 2.45) is 0 Å². The molecule has 2 aromatic carbocycles. The topological polar surface area (TPSA) is 169 Å². The number of aromatic amines is 1. The van der Waals surface area contributed by atoms with Gasteiger partial charge in [-0.15, -0.1) is 0 Å². The third-order valence-electron chi connectivity index (χ3n) is 6.10. The summed E-state index contributed by atoms with van der Waals surface area (Å²) in [6.07, 6.45) is 1.52. The minimum Gasteiger partial charge on any atom is -0.382 e. The Bertz CT molecular complexity index is 1420. The summed E-state index contributed by atoms with van der Waals surface area (Å²) in [5.41, 5.74) is 9.07. The summed E-state index contributed by atoms with van der Waals surface area (Å²) in [6, 6.07) is 14.7. The lowest BCUT2D eigenvalue weighted by Gasteiger charge is -2.26. The second kappa shape index (κ2) is 10.1. The number of hydrogen-bond acceptors (Lipinski definition) is 9. The molecule has 0 saturated carbocycles. The molecule has 11 heteroatoms. The predicted molar refractivity (Wildman–Crippen MR) is 135 cm³/mol. The number of nitrogens with zero attached hydrogens (tertiary/aromatic N) is 5. The molecule has 6 N–H and O–H groups in total. The second-order valence-electron chi connectivity index (χ2n) is 8.48. The van der Waals surface area contributed by atoms with Gasteiger partial charge in [-0.25, -0.2) is 15.0 Å². The molecule has 1 aliphatic rings. The fraction of sp³-hybridized carbons (Fsp3) is 0.240. The first-order valence-electron chi connectivity index (χ1n) is 11.6. The summed E-state index contributed by atoms with van der Waals surface area (Å²) in [4.78, 5) is 30.8. The van der Waals surface area contributed by atoms with E-state index in [1.807, 2.05) is 29.2 Å². The minimum absolute atomic E-state index is 0.0484. The van der Waals surface area contributed by atoms with Crippen LogP contribution in [0.5, 0.6) is 0 Å². The van der Waals surface area contributed by atoms with Crippen LogP contribution in [0.3, 0.4) is 0 Å². The maximum absolute atomic E-state index is 12.9. The van der Waals surface area contributed by atoms with Gasteiger partial charge in [0.15, 0.2) is 11.5 Å². The molecule has 1 saturated heterocycles. The summed E-state index contributed by atoms with van der Waals surface area (Å²) < 4.78 is 0. The molecule has 1 atom stereocenters. The molecule has 5 rings (SSSR count). The van der Waals surface area contributed by atoms with Crippen LogP contribution in [0.15, 0.2) is 48.7 Å². The molecule has 2 aromatic heterocycles. The normalized spacial score (nSPS) is 15.2. The van der Waals surface area contributed by atoms with Gasteiger partial charge < -0.3 is 21.1 Å². The number of benzene rings is 2. The monoisotopic (exact) mass is 483 g/mol. The summed E-state index contributed by atoms with van der Waals surface area (Å²) in [5.74, 6) is -0.374. The van der Waals surface area contributed by atoms with E-state index in [2.05, 4.69) is 36.6 Å². The van der Waals surface area contributed by atoms with Crippen molar-refractivity contribution in [1.82, 2.24) is 30.2 Å². The summed E-state index contributed by atoms with van der Waals surface area (Å²) in [5, 5.41) is 26.7. The molecule has 182 valence electrons. The Kier molecular flexibility index (Phi) is 6.55. The maximum atomic E-state index is 12.9. The van der Waals surface area contributed by atoms with Crippen LogP contribution in [-0.4, -0.2) is 62.0 Å². The number of rotatable bonds is 5. The Morgan fingerprint density at radius 1 is 1.19 bits per heavy atom. The van der Waals surface area contributed by atoms with Crippen molar-refractivity contribution in [3.8, 4) is 17.3 Å². The van der Waals surface area contributed by atoms with E-state index in [-0.39, 0.29) is 17.5 Å². The van der Waals surface area contributed by atoms with Crippen LogP contribution in [0.25, 0.3) is 22.3 Å². The molecule has 0 radical (unpaired) electrons. The highest BCUT2D eigenvalue weighted by Crippen LogP contribution is 2.27. The summed E-state index contributed by atoms with van der Waals surface area (Å²) in [7, 11) is 0. The number of para-hydroxylation sites is 2. The Labute approximate surface area is 207 Å². The molecule has 1 aliphatic heterocycles. The highest BCUT2D eigenvalue weighted by atomic mass is 16.3. The number of carbonyl (C=O) groups is 1. The number of aromatic nitrogens is 4. The Morgan fingerprint density at radius 3 is 2.89 bits per heavy atom. The van der Waals surface area contributed by atoms with E-state index in [9.17, 15) is 15.2 Å². The van der Waals surface area contributed by atoms with Gasteiger partial charge >= 0.3 is 0 Å². The van der Waals surface area contributed by atoms with Gasteiger partial charge in [-0.1, -0.05) is 24.3 Å². The first-order valence-corrected chi connectivity index (χ1v) is 11.6. The number of nitrogens with two attached hydrogens (primary N) is 1. The molecule has 11 nitrogen and oxygen atoms in total. The largest absolute Gasteiger partial charge is 0.382 e. The van der Waals surface area contributed by atoms with Gasteiger partial charge in [0.25, 0.3) is 5.91 Å². The van der Waals surface area contributed by atoms with Crippen molar-refractivity contribution >= 4 is 28.7 Å². The van der Waals surface area contributed by atoms with Gasteiger partial charge in [-0.2, -0.15) is 5.26 Å². The van der Waals surface area contributed by atoms with E-state index >= 15 is 0 Å². The fourth-order valence-corrected chi connectivity index (χ4v) is 4.23. The van der Waals surface area contributed by atoms with Crippen LogP contribution in [0, 0.1) is 11.3 Å². The van der Waals surface area contributed by atoms with Crippen LogP contribution in [0.2, 0.25) is 0 Å². The number of fused-ring (bicyclic) bond motifs is 1. The van der Waals surface area contributed by atoms with Crippen LogP contribution in [-0.2, 0) is 0 Å². The first kappa shape index (κ1) is 23.4. The lowest BCUT2D eigenvalue weighted by atomic mass is 10.0. The number of H-pyrrole nitrogens is 1. The molecule has 0 spiro atoms. The number of nitrogens with one attached hydrogen (secondary N) is 3. The number of anilines is 2. The fourth-order valence-electron chi connectivity index (χ4n) is 4.23. The van der Waals surface area contributed by atoms with Crippen LogP contribution >= 0.6 is 0 Å². The number of hydrogen-bond donors (Lipinski definition) is 5. The number of imidazole rings is 1. The standard InChI is InChI=1S/C25H25N9O2/c26-13-16-12-15(24(36)34-10-3-8-28-9-11-34)6-7-17(16)20-14-29-22(27)21(30-20)23(35)33-25-31-18-4-1-2-5-19(18)32-25/h1-2,4-7,12,14,24,28,36H,3,8-11H2,(H2,27,29)(H2,31,32,33,35). The van der Waals surface area contributed by atoms with Crippen molar-refractivity contribution in [3.05, 3.63) is 65.5 Å². The van der Waals surface area contributed by atoms with Gasteiger partial charge in [0, 0.05) is 25.2 Å². The first-order chi connectivity index (χ1) is 17.5. The van der Waals surface area contributed by atoms with E-state index < -0.39 is 12.1 Å². The molecule has 4 aromatic rings. The molecule has 36 heavy (non-hydrogen) atoms.